The van der Waals surface area contributed by atoms with E-state index >= 15 is 0 Å². The third-order valence-corrected chi connectivity index (χ3v) is 6.75. The predicted molar refractivity (Wildman–Crippen MR) is 126 cm³/mol. The largest absolute Gasteiger partial charge is 0.484 e. The Kier molecular flexibility index (Phi) is 8.95. The molecule has 3 rings (SSSR count). The summed E-state index contributed by atoms with van der Waals surface area (Å²) in [6.45, 7) is 4.39. The van der Waals surface area contributed by atoms with Gasteiger partial charge in [-0.3, -0.25) is 20.4 Å². The van der Waals surface area contributed by atoms with Crippen molar-refractivity contribution in [3.8, 4) is 5.75 Å². The third kappa shape index (κ3) is 6.24. The Balaban J connectivity index is 1.63. The fourth-order valence-electron chi connectivity index (χ4n) is 2.99. The van der Waals surface area contributed by atoms with Crippen LogP contribution < -0.4 is 15.6 Å². The molecule has 0 aliphatic heterocycles. The first-order valence-corrected chi connectivity index (χ1v) is 12.3. The first kappa shape index (κ1) is 24.1. The van der Waals surface area contributed by atoms with Gasteiger partial charge in [-0.1, -0.05) is 55.4 Å². The quantitative estimate of drug-likeness (QED) is 0.319. The Labute approximate surface area is 199 Å². The number of thiophene rings is 1. The van der Waals surface area contributed by atoms with E-state index in [-0.39, 0.29) is 30.2 Å². The first-order valence-electron chi connectivity index (χ1n) is 10.1. The molecule has 0 atom stereocenters. The lowest BCUT2D eigenvalue weighted by atomic mass is 10.2. The number of halogens is 1. The third-order valence-electron chi connectivity index (χ3n) is 4.63. The van der Waals surface area contributed by atoms with Crippen molar-refractivity contribution in [1.82, 2.24) is 25.6 Å². The van der Waals surface area contributed by atoms with Gasteiger partial charge in [-0.15, -0.1) is 21.5 Å². The molecule has 0 spiro atoms. The summed E-state index contributed by atoms with van der Waals surface area (Å²) in [4.78, 5) is 24.7. The van der Waals surface area contributed by atoms with E-state index in [1.54, 1.807) is 29.6 Å². The number of amides is 2. The number of thioether (sulfide) groups is 1. The maximum Gasteiger partial charge on any atom is 0.279 e. The lowest BCUT2D eigenvalue weighted by Crippen LogP contribution is -2.42. The number of hydrogen-bond donors (Lipinski definition) is 2. The second kappa shape index (κ2) is 11.9. The predicted octanol–water partition coefficient (Wildman–Crippen LogP) is 4.49. The molecular weight excluding hydrogens is 470 g/mol. The van der Waals surface area contributed by atoms with Crippen molar-refractivity contribution in [3.63, 3.8) is 0 Å². The summed E-state index contributed by atoms with van der Waals surface area (Å²) in [6.07, 6.45) is 1.76. The molecule has 3 aromatic rings. The van der Waals surface area contributed by atoms with Crippen molar-refractivity contribution < 1.29 is 14.3 Å². The van der Waals surface area contributed by atoms with Crippen LogP contribution in [0.1, 0.15) is 48.2 Å². The van der Waals surface area contributed by atoms with Gasteiger partial charge >= 0.3 is 0 Å². The van der Waals surface area contributed by atoms with Crippen molar-refractivity contribution in [2.24, 2.45) is 0 Å². The van der Waals surface area contributed by atoms with Crippen LogP contribution in [-0.4, -0.2) is 32.3 Å². The highest BCUT2D eigenvalue weighted by molar-refractivity contribution is 7.99. The van der Waals surface area contributed by atoms with E-state index in [1.165, 1.54) is 23.1 Å². The lowest BCUT2D eigenvalue weighted by Gasteiger charge is -2.19. The highest BCUT2D eigenvalue weighted by Gasteiger charge is 2.20. The summed E-state index contributed by atoms with van der Waals surface area (Å²) in [5, 5.41) is 11.5. The number of hydrogen-bond acceptors (Lipinski definition) is 7. The van der Waals surface area contributed by atoms with Gasteiger partial charge in [-0.05, 0) is 36.4 Å². The monoisotopic (exact) mass is 493 g/mol. The standard InChI is InChI=1S/C21H24ClN5O3S2/c1-3-14(4-2)27-18(12-30-16-9-6-5-8-15(16)22)23-26-21(27)32-13-19(28)24-25-20(29)17-10-7-11-31-17/h5-11,14H,3-4,12-13H2,1-2H3,(H,24,28)(H,25,29). The highest BCUT2D eigenvalue weighted by Crippen LogP contribution is 2.28. The molecule has 0 saturated carbocycles. The number of rotatable bonds is 10. The van der Waals surface area contributed by atoms with Crippen LogP contribution in [0.3, 0.4) is 0 Å². The van der Waals surface area contributed by atoms with Crippen molar-refractivity contribution in [2.45, 2.75) is 44.5 Å². The second-order valence-corrected chi connectivity index (χ2v) is 9.02. The van der Waals surface area contributed by atoms with Crippen LogP contribution in [-0.2, 0) is 11.4 Å². The molecule has 170 valence electrons. The number of carbonyl (C=O) groups is 2. The molecule has 0 aliphatic rings. The molecule has 0 radical (unpaired) electrons. The van der Waals surface area contributed by atoms with Gasteiger partial charge in [0, 0.05) is 6.04 Å². The van der Waals surface area contributed by atoms with Gasteiger partial charge in [0.2, 0.25) is 5.91 Å². The second-order valence-electron chi connectivity index (χ2n) is 6.73. The van der Waals surface area contributed by atoms with Crippen LogP contribution >= 0.6 is 34.7 Å². The number of aromatic nitrogens is 3. The number of nitrogens with one attached hydrogen (secondary N) is 2. The summed E-state index contributed by atoms with van der Waals surface area (Å²) in [7, 11) is 0. The zero-order valence-electron chi connectivity index (χ0n) is 17.7. The topological polar surface area (TPSA) is 98.1 Å². The van der Waals surface area contributed by atoms with E-state index in [9.17, 15) is 9.59 Å². The van der Waals surface area contributed by atoms with Gasteiger partial charge in [0.05, 0.1) is 15.7 Å². The molecule has 2 N–H and O–H groups in total. The number of ether oxygens (including phenoxy) is 1. The molecule has 0 aliphatic carbocycles. The smallest absolute Gasteiger partial charge is 0.279 e. The average Bonchev–Trinajstić information content (AvgIpc) is 3.47. The Morgan fingerprint density at radius 2 is 1.94 bits per heavy atom. The number of hydrazine groups is 1. The molecule has 11 heteroatoms. The van der Waals surface area contributed by atoms with Crippen LogP contribution in [0, 0.1) is 0 Å². The van der Waals surface area contributed by atoms with Crippen molar-refractivity contribution >= 4 is 46.5 Å². The van der Waals surface area contributed by atoms with Crippen LogP contribution in [0.15, 0.2) is 46.9 Å². The minimum Gasteiger partial charge on any atom is -0.484 e. The summed E-state index contributed by atoms with van der Waals surface area (Å²) in [5.41, 5.74) is 4.84. The molecule has 8 nitrogen and oxygen atoms in total. The summed E-state index contributed by atoms with van der Waals surface area (Å²) < 4.78 is 7.86. The molecule has 2 aromatic heterocycles. The van der Waals surface area contributed by atoms with Crippen molar-refractivity contribution in [3.05, 3.63) is 57.5 Å². The molecule has 0 bridgehead atoms. The van der Waals surface area contributed by atoms with E-state index < -0.39 is 0 Å². The molecule has 0 saturated heterocycles. The Hall–Kier alpha value is -2.56. The van der Waals surface area contributed by atoms with Crippen molar-refractivity contribution in [2.75, 3.05) is 5.75 Å². The molecular formula is C21H24ClN5O3S2. The summed E-state index contributed by atoms with van der Waals surface area (Å²) in [6, 6.07) is 10.9. The minimum absolute atomic E-state index is 0.0778. The zero-order chi connectivity index (χ0) is 22.9. The van der Waals surface area contributed by atoms with Gasteiger partial charge in [-0.25, -0.2) is 0 Å². The zero-order valence-corrected chi connectivity index (χ0v) is 20.1. The lowest BCUT2D eigenvalue weighted by molar-refractivity contribution is -0.119. The Morgan fingerprint density at radius 3 is 2.62 bits per heavy atom. The van der Waals surface area contributed by atoms with E-state index in [0.717, 1.165) is 12.8 Å². The van der Waals surface area contributed by atoms with Gasteiger partial charge in [-0.2, -0.15) is 0 Å². The number of nitrogens with zero attached hydrogens (tertiary/aromatic N) is 3. The fourth-order valence-corrected chi connectivity index (χ4v) is 4.62. The number of carbonyl (C=O) groups excluding carboxylic acids is 2. The molecule has 1 aromatic carbocycles. The van der Waals surface area contributed by atoms with Crippen LogP contribution in [0.25, 0.3) is 0 Å². The van der Waals surface area contributed by atoms with Gasteiger partial charge < -0.3 is 9.30 Å². The first-order chi connectivity index (χ1) is 15.5. The van der Waals surface area contributed by atoms with E-state index in [1.807, 2.05) is 16.7 Å². The molecule has 0 fully saturated rings. The molecule has 0 unspecified atom stereocenters. The highest BCUT2D eigenvalue weighted by atomic mass is 35.5. The van der Waals surface area contributed by atoms with Crippen LogP contribution in [0.5, 0.6) is 5.75 Å². The Morgan fingerprint density at radius 1 is 1.16 bits per heavy atom. The fraction of sp³-hybridized carbons (Fsp3) is 0.333. The molecule has 2 heterocycles. The SMILES string of the molecule is CCC(CC)n1c(COc2ccccc2Cl)nnc1SCC(=O)NNC(=O)c1cccs1. The van der Waals surface area contributed by atoms with Gasteiger partial charge in [0.1, 0.15) is 12.4 Å². The molecule has 32 heavy (non-hydrogen) atoms. The summed E-state index contributed by atoms with van der Waals surface area (Å²) >= 11 is 8.73. The van der Waals surface area contributed by atoms with Crippen LogP contribution in [0.4, 0.5) is 0 Å². The van der Waals surface area contributed by atoms with Gasteiger partial charge in [0.15, 0.2) is 11.0 Å². The number of para-hydroxylation sites is 1. The van der Waals surface area contributed by atoms with Crippen LogP contribution in [0.2, 0.25) is 5.02 Å². The normalized spacial score (nSPS) is 10.9. The minimum atomic E-state index is -0.349. The van der Waals surface area contributed by atoms with Gasteiger partial charge in [0.25, 0.3) is 5.91 Å². The van der Waals surface area contributed by atoms with E-state index in [4.69, 9.17) is 16.3 Å². The van der Waals surface area contributed by atoms with E-state index in [2.05, 4.69) is 34.9 Å². The summed E-state index contributed by atoms with van der Waals surface area (Å²) in [5.74, 6) is 0.621. The van der Waals surface area contributed by atoms with Crippen molar-refractivity contribution in [1.29, 1.82) is 0 Å². The molecule has 2 amide bonds. The number of benzene rings is 1. The average molecular weight is 494 g/mol. The maximum atomic E-state index is 12.2. The Bertz CT molecular complexity index is 1040. The maximum absolute atomic E-state index is 12.2. The van der Waals surface area contributed by atoms with E-state index in [0.29, 0.717) is 26.6 Å².